The molecule has 0 aliphatic heterocycles. The number of aromatic carboxylic acids is 1. The third-order valence-electron chi connectivity index (χ3n) is 3.69. The van der Waals surface area contributed by atoms with Gasteiger partial charge >= 0.3 is 5.97 Å². The molecule has 1 aliphatic carbocycles. The van der Waals surface area contributed by atoms with Crippen LogP contribution in [0.1, 0.15) is 61.3 Å². The van der Waals surface area contributed by atoms with E-state index in [2.05, 4.69) is 5.10 Å². The van der Waals surface area contributed by atoms with Crippen LogP contribution >= 0.6 is 0 Å². The van der Waals surface area contributed by atoms with Crippen molar-refractivity contribution in [1.82, 2.24) is 14.8 Å². The van der Waals surface area contributed by atoms with E-state index in [-0.39, 0.29) is 5.54 Å². The van der Waals surface area contributed by atoms with Crippen molar-refractivity contribution in [2.45, 2.75) is 52.0 Å². The molecule has 0 amide bonds. The Hall–Kier alpha value is -1.91. The number of rotatable bonds is 2. The average Bonchev–Trinajstić information content (AvgIpc) is 3.12. The molecule has 1 N–H and O–H groups in total. The molecule has 20 heavy (non-hydrogen) atoms. The zero-order valence-corrected chi connectivity index (χ0v) is 12.3. The highest BCUT2D eigenvalue weighted by Crippen LogP contribution is 2.40. The third kappa shape index (κ3) is 1.97. The summed E-state index contributed by atoms with van der Waals surface area (Å²) in [4.78, 5) is 16.3. The Morgan fingerprint density at radius 1 is 1.40 bits per heavy atom. The van der Waals surface area contributed by atoms with Crippen molar-refractivity contribution in [3.05, 3.63) is 23.0 Å². The van der Waals surface area contributed by atoms with Crippen molar-refractivity contribution < 1.29 is 9.90 Å². The first kappa shape index (κ1) is 13.1. The van der Waals surface area contributed by atoms with Crippen molar-refractivity contribution in [3.63, 3.8) is 0 Å². The molecule has 2 aromatic rings. The Labute approximate surface area is 117 Å². The van der Waals surface area contributed by atoms with Gasteiger partial charge in [-0.15, -0.1) is 0 Å². The standard InChI is InChI=1S/C15H19N3O2/c1-8-12-10(14(19)20)7-11(9-5-6-9)16-13(12)18(17-8)15(2,3)4/h7,9H,5-6H2,1-4H3,(H,19,20). The fourth-order valence-corrected chi connectivity index (χ4v) is 2.53. The lowest BCUT2D eigenvalue weighted by Crippen LogP contribution is -2.23. The van der Waals surface area contributed by atoms with E-state index in [0.717, 1.165) is 24.2 Å². The van der Waals surface area contributed by atoms with Gasteiger partial charge in [-0.05, 0) is 46.6 Å². The Morgan fingerprint density at radius 3 is 2.55 bits per heavy atom. The van der Waals surface area contributed by atoms with Crippen LogP contribution in [0.15, 0.2) is 6.07 Å². The van der Waals surface area contributed by atoms with Gasteiger partial charge in [0.15, 0.2) is 5.65 Å². The average molecular weight is 273 g/mol. The number of fused-ring (bicyclic) bond motifs is 1. The first-order valence-electron chi connectivity index (χ1n) is 6.93. The van der Waals surface area contributed by atoms with E-state index >= 15 is 0 Å². The summed E-state index contributed by atoms with van der Waals surface area (Å²) in [5.41, 5.74) is 2.40. The van der Waals surface area contributed by atoms with Gasteiger partial charge in [-0.25, -0.2) is 14.5 Å². The van der Waals surface area contributed by atoms with Crippen molar-refractivity contribution in [3.8, 4) is 0 Å². The zero-order chi connectivity index (χ0) is 14.7. The maximum atomic E-state index is 11.6. The predicted octanol–water partition coefficient (Wildman–Crippen LogP) is 3.07. The van der Waals surface area contributed by atoms with Crippen LogP contribution in [-0.2, 0) is 5.54 Å². The molecule has 1 aliphatic rings. The van der Waals surface area contributed by atoms with E-state index in [1.807, 2.05) is 32.4 Å². The lowest BCUT2D eigenvalue weighted by atomic mass is 10.1. The lowest BCUT2D eigenvalue weighted by molar-refractivity contribution is 0.0698. The molecule has 0 radical (unpaired) electrons. The SMILES string of the molecule is Cc1nn(C(C)(C)C)c2nc(C3CC3)cc(C(=O)O)c12. The van der Waals surface area contributed by atoms with Crippen molar-refractivity contribution in [1.29, 1.82) is 0 Å². The molecule has 0 atom stereocenters. The van der Waals surface area contributed by atoms with E-state index in [1.165, 1.54) is 0 Å². The minimum absolute atomic E-state index is 0.225. The minimum Gasteiger partial charge on any atom is -0.478 e. The first-order valence-corrected chi connectivity index (χ1v) is 6.93. The molecule has 0 bridgehead atoms. The van der Waals surface area contributed by atoms with E-state index in [1.54, 1.807) is 6.07 Å². The first-order chi connectivity index (χ1) is 9.29. The molecule has 0 spiro atoms. The van der Waals surface area contributed by atoms with Gasteiger partial charge in [-0.3, -0.25) is 0 Å². The van der Waals surface area contributed by atoms with Gasteiger partial charge in [0.1, 0.15) is 0 Å². The highest BCUT2D eigenvalue weighted by atomic mass is 16.4. The van der Waals surface area contributed by atoms with Gasteiger partial charge in [-0.2, -0.15) is 5.10 Å². The van der Waals surface area contributed by atoms with Crippen LogP contribution in [0, 0.1) is 6.92 Å². The third-order valence-corrected chi connectivity index (χ3v) is 3.69. The van der Waals surface area contributed by atoms with Crippen LogP contribution in [-0.4, -0.2) is 25.8 Å². The number of carboxylic acids is 1. The second-order valence-corrected chi connectivity index (χ2v) is 6.54. The van der Waals surface area contributed by atoms with Crippen LogP contribution in [0.4, 0.5) is 0 Å². The summed E-state index contributed by atoms with van der Waals surface area (Å²) in [6.07, 6.45) is 2.19. The molecule has 106 valence electrons. The van der Waals surface area contributed by atoms with E-state index < -0.39 is 5.97 Å². The summed E-state index contributed by atoms with van der Waals surface area (Å²) in [6, 6.07) is 1.73. The Bertz CT molecular complexity index is 706. The second-order valence-electron chi connectivity index (χ2n) is 6.54. The maximum absolute atomic E-state index is 11.6. The topological polar surface area (TPSA) is 68.0 Å². The van der Waals surface area contributed by atoms with Crippen LogP contribution < -0.4 is 0 Å². The molecule has 2 aromatic heterocycles. The molecule has 0 unspecified atom stereocenters. The maximum Gasteiger partial charge on any atom is 0.336 e. The zero-order valence-electron chi connectivity index (χ0n) is 12.3. The second kappa shape index (κ2) is 4.04. The molecule has 5 nitrogen and oxygen atoms in total. The van der Waals surface area contributed by atoms with Crippen molar-refractivity contribution in [2.24, 2.45) is 0 Å². The molecular formula is C15H19N3O2. The molecule has 5 heteroatoms. The molecule has 1 saturated carbocycles. The summed E-state index contributed by atoms with van der Waals surface area (Å²) in [6.45, 7) is 7.98. The molecule has 0 saturated heterocycles. The smallest absolute Gasteiger partial charge is 0.336 e. The van der Waals surface area contributed by atoms with Crippen molar-refractivity contribution >= 4 is 17.0 Å². The fourth-order valence-electron chi connectivity index (χ4n) is 2.53. The van der Waals surface area contributed by atoms with Crippen LogP contribution in [0.3, 0.4) is 0 Å². The van der Waals surface area contributed by atoms with Gasteiger partial charge in [0.25, 0.3) is 0 Å². The largest absolute Gasteiger partial charge is 0.478 e. The van der Waals surface area contributed by atoms with Gasteiger partial charge in [0.2, 0.25) is 0 Å². The fraction of sp³-hybridized carbons (Fsp3) is 0.533. The van der Waals surface area contributed by atoms with E-state index in [9.17, 15) is 9.90 Å². The van der Waals surface area contributed by atoms with Gasteiger partial charge in [-0.1, -0.05) is 0 Å². The summed E-state index contributed by atoms with van der Waals surface area (Å²) >= 11 is 0. The minimum atomic E-state index is -0.907. The summed E-state index contributed by atoms with van der Waals surface area (Å²) in [7, 11) is 0. The van der Waals surface area contributed by atoms with Crippen LogP contribution in [0.2, 0.25) is 0 Å². The molecule has 1 fully saturated rings. The summed E-state index contributed by atoms with van der Waals surface area (Å²) < 4.78 is 1.84. The normalized spacial score (nSPS) is 15.8. The quantitative estimate of drug-likeness (QED) is 0.913. The van der Waals surface area contributed by atoms with Gasteiger partial charge in [0.05, 0.1) is 22.2 Å². The Balaban J connectivity index is 2.37. The predicted molar refractivity (Wildman–Crippen MR) is 76.2 cm³/mol. The molecule has 0 aromatic carbocycles. The number of nitrogens with zero attached hydrogens (tertiary/aromatic N) is 3. The van der Waals surface area contributed by atoms with E-state index in [0.29, 0.717) is 22.5 Å². The lowest BCUT2D eigenvalue weighted by Gasteiger charge is -2.20. The Morgan fingerprint density at radius 2 is 2.05 bits per heavy atom. The summed E-state index contributed by atoms with van der Waals surface area (Å²) in [5.74, 6) is -0.489. The monoisotopic (exact) mass is 273 g/mol. The molecule has 3 rings (SSSR count). The highest BCUT2D eigenvalue weighted by Gasteiger charge is 2.30. The number of hydrogen-bond donors (Lipinski definition) is 1. The number of pyridine rings is 1. The van der Waals surface area contributed by atoms with E-state index in [4.69, 9.17) is 4.98 Å². The number of aromatic nitrogens is 3. The number of carbonyl (C=O) groups is 1. The Kier molecular flexibility index (Phi) is 2.64. The number of carboxylic acid groups (broad SMARTS) is 1. The molecule has 2 heterocycles. The molecular weight excluding hydrogens is 254 g/mol. The number of aryl methyl sites for hydroxylation is 1. The number of hydrogen-bond acceptors (Lipinski definition) is 3. The van der Waals surface area contributed by atoms with Gasteiger partial charge < -0.3 is 5.11 Å². The highest BCUT2D eigenvalue weighted by molar-refractivity contribution is 6.03. The van der Waals surface area contributed by atoms with Crippen LogP contribution in [0.5, 0.6) is 0 Å². The van der Waals surface area contributed by atoms with Gasteiger partial charge in [0, 0.05) is 11.6 Å². The van der Waals surface area contributed by atoms with Crippen LogP contribution in [0.25, 0.3) is 11.0 Å². The van der Waals surface area contributed by atoms with Crippen molar-refractivity contribution in [2.75, 3.05) is 0 Å². The summed E-state index contributed by atoms with van der Waals surface area (Å²) in [5, 5.41) is 14.7.